The average molecular weight is 986 g/mol. The Kier molecular flexibility index (Phi) is 17.1. The largest absolute Gasteiger partial charge is 0.500 e. The van der Waals surface area contributed by atoms with Gasteiger partial charge in [0.1, 0.15) is 5.75 Å². The van der Waals surface area contributed by atoms with Gasteiger partial charge in [-0.1, -0.05) is 106 Å². The summed E-state index contributed by atoms with van der Waals surface area (Å²) in [6, 6.07) is 35.5. The molecule has 0 unspecified atom stereocenters. The Labute approximate surface area is 419 Å². The van der Waals surface area contributed by atoms with E-state index in [9.17, 15) is 38.4 Å². The number of hydrogen-bond acceptors (Lipinski definition) is 12. The van der Waals surface area contributed by atoms with Gasteiger partial charge in [0.15, 0.2) is 40.5 Å². The number of ketones is 7. The van der Waals surface area contributed by atoms with Crippen molar-refractivity contribution in [3.8, 4) is 5.75 Å². The van der Waals surface area contributed by atoms with Crippen LogP contribution in [-0.2, 0) is 13.3 Å². The van der Waals surface area contributed by atoms with Crippen molar-refractivity contribution < 1.29 is 56.4 Å². The smallest absolute Gasteiger partial charge is 0.494 e. The van der Waals surface area contributed by atoms with Crippen LogP contribution < -0.4 is 10.1 Å². The molecule has 0 saturated heterocycles. The molecule has 72 heavy (non-hydrogen) atoms. The lowest BCUT2D eigenvalue weighted by Gasteiger charge is -2.24. The molecule has 14 heteroatoms. The zero-order chi connectivity index (χ0) is 51.5. The van der Waals surface area contributed by atoms with E-state index in [0.29, 0.717) is 104 Å². The zero-order valence-corrected chi connectivity index (χ0v) is 41.9. The molecule has 3 aliphatic carbocycles. The van der Waals surface area contributed by atoms with Crippen LogP contribution in [0.25, 0.3) is 0 Å². The molecule has 0 radical (unpaired) electrons. The normalized spacial score (nSPS) is 12.9. The monoisotopic (exact) mass is 985 g/mol. The number of carbonyl (C=O) groups excluding carboxylic acids is 8. The number of carbonyl (C=O) groups is 8. The highest BCUT2D eigenvalue weighted by molar-refractivity contribution is 6.60. The van der Waals surface area contributed by atoms with Crippen molar-refractivity contribution >= 4 is 55.2 Å². The van der Waals surface area contributed by atoms with E-state index in [1.807, 2.05) is 6.92 Å². The molecule has 13 nitrogen and oxygen atoms in total. The third kappa shape index (κ3) is 11.0. The van der Waals surface area contributed by atoms with E-state index in [2.05, 4.69) is 12.2 Å². The summed E-state index contributed by atoms with van der Waals surface area (Å²) >= 11 is 0. The number of Topliss-reactive ketones (excluding diaryl/α,β-unsaturated/α-hetero) is 1. The first-order valence-electron chi connectivity index (χ1n) is 23.9. The molecule has 9 rings (SSSR count). The fourth-order valence-electron chi connectivity index (χ4n) is 8.66. The predicted molar refractivity (Wildman–Crippen MR) is 272 cm³/mol. The first-order chi connectivity index (χ1) is 34.8. The minimum Gasteiger partial charge on any atom is -0.494 e. The molecule has 1 N–H and O–H groups in total. The summed E-state index contributed by atoms with van der Waals surface area (Å²) in [6.07, 6.45) is 4.72. The Morgan fingerprint density at radius 3 is 1.25 bits per heavy atom. The molecule has 6 aromatic rings. The lowest BCUT2D eigenvalue weighted by atomic mass is 9.83. The van der Waals surface area contributed by atoms with Gasteiger partial charge in [-0.15, -0.1) is 0 Å². The van der Waals surface area contributed by atoms with Crippen molar-refractivity contribution in [3.63, 3.8) is 0 Å². The van der Waals surface area contributed by atoms with E-state index < -0.39 is 8.80 Å². The lowest BCUT2D eigenvalue weighted by Crippen LogP contribution is -2.42. The summed E-state index contributed by atoms with van der Waals surface area (Å²) in [6.45, 7) is 5.36. The summed E-state index contributed by atoms with van der Waals surface area (Å²) in [4.78, 5) is 100. The summed E-state index contributed by atoms with van der Waals surface area (Å²) in [5.74, 6) is -0.700. The molecular weight excluding hydrogens is 931 g/mol. The molecular formula is C58H55NO12Si. The first-order valence-corrected chi connectivity index (χ1v) is 25.8. The highest BCUT2D eigenvalue weighted by Gasteiger charge is 2.37. The molecule has 368 valence electrons. The molecule has 0 saturated carbocycles. The summed E-state index contributed by atoms with van der Waals surface area (Å²) in [5, 5.41) is 2.82. The van der Waals surface area contributed by atoms with Gasteiger partial charge in [0.2, 0.25) is 0 Å². The third-order valence-corrected chi connectivity index (χ3v) is 15.6. The minimum atomic E-state index is -2.72. The van der Waals surface area contributed by atoms with Crippen molar-refractivity contribution in [1.82, 2.24) is 5.32 Å². The van der Waals surface area contributed by atoms with Gasteiger partial charge in [-0.05, 0) is 67.8 Å². The maximum absolute atomic E-state index is 12.8. The maximum Gasteiger partial charge on any atom is 0.500 e. The van der Waals surface area contributed by atoms with E-state index in [-0.39, 0.29) is 58.4 Å². The summed E-state index contributed by atoms with van der Waals surface area (Å²) in [5.41, 5.74) is 5.55. The number of ether oxygens (including phenoxy) is 1. The molecule has 0 bridgehead atoms. The van der Waals surface area contributed by atoms with Gasteiger partial charge in [-0.25, -0.2) is 0 Å². The van der Waals surface area contributed by atoms with Crippen molar-refractivity contribution in [2.45, 2.75) is 58.4 Å². The summed E-state index contributed by atoms with van der Waals surface area (Å²) < 4.78 is 21.7. The topological polar surface area (TPSA) is 186 Å². The second-order valence-corrected chi connectivity index (χ2v) is 20.3. The molecule has 0 atom stereocenters. The predicted octanol–water partition coefficient (Wildman–Crippen LogP) is 9.94. The van der Waals surface area contributed by atoms with Crippen LogP contribution in [0.15, 0.2) is 127 Å². The van der Waals surface area contributed by atoms with Crippen LogP contribution in [0.5, 0.6) is 5.75 Å². The molecule has 1 amide bonds. The number of benzene rings is 6. The van der Waals surface area contributed by atoms with Crippen LogP contribution in [0.4, 0.5) is 0 Å². The molecule has 6 aromatic carbocycles. The van der Waals surface area contributed by atoms with E-state index in [1.54, 1.807) is 115 Å². The quantitative estimate of drug-likeness (QED) is 0.0550. The van der Waals surface area contributed by atoms with Crippen LogP contribution in [0, 0.1) is 0 Å². The fraction of sp³-hybridized carbons (Fsp3) is 0.241. The lowest BCUT2D eigenvalue weighted by molar-refractivity contribution is 0.0947. The van der Waals surface area contributed by atoms with Crippen LogP contribution in [-0.4, -0.2) is 89.7 Å². The Morgan fingerprint density at radius 2 is 0.819 bits per heavy atom. The van der Waals surface area contributed by atoms with Gasteiger partial charge in [-0.2, -0.15) is 0 Å². The average Bonchev–Trinajstić information content (AvgIpc) is 3.42. The van der Waals surface area contributed by atoms with Crippen molar-refractivity contribution in [2.75, 3.05) is 34.5 Å². The minimum absolute atomic E-state index is 0.0969. The van der Waals surface area contributed by atoms with Gasteiger partial charge < -0.3 is 23.3 Å². The van der Waals surface area contributed by atoms with Gasteiger partial charge >= 0.3 is 8.80 Å². The number of amides is 1. The molecule has 0 aliphatic heterocycles. The Balaban J connectivity index is 0.000000160. The van der Waals surface area contributed by atoms with Gasteiger partial charge in [0.05, 0.1) is 6.61 Å². The van der Waals surface area contributed by atoms with E-state index in [1.165, 1.54) is 33.5 Å². The number of fused-ring (bicyclic) bond motifs is 6. The Hall–Kier alpha value is -7.62. The zero-order valence-electron chi connectivity index (χ0n) is 40.9. The van der Waals surface area contributed by atoms with Crippen molar-refractivity contribution in [2.24, 2.45) is 0 Å². The molecule has 0 fully saturated rings. The van der Waals surface area contributed by atoms with E-state index >= 15 is 0 Å². The van der Waals surface area contributed by atoms with Crippen LogP contribution in [0.3, 0.4) is 0 Å². The van der Waals surface area contributed by atoms with Crippen LogP contribution in [0.1, 0.15) is 169 Å². The van der Waals surface area contributed by atoms with Crippen LogP contribution in [0.2, 0.25) is 6.04 Å². The molecule has 0 heterocycles. The fourth-order valence-corrected chi connectivity index (χ4v) is 10.4. The highest BCUT2D eigenvalue weighted by atomic mass is 28.4. The second-order valence-electron chi connectivity index (χ2n) is 17.2. The van der Waals surface area contributed by atoms with E-state index in [0.717, 1.165) is 25.7 Å². The van der Waals surface area contributed by atoms with Crippen molar-refractivity contribution in [3.05, 3.63) is 205 Å². The first kappa shape index (κ1) is 52.2. The Morgan fingerprint density at radius 1 is 0.444 bits per heavy atom. The van der Waals surface area contributed by atoms with Gasteiger partial charge in [0, 0.05) is 118 Å². The number of unbranched alkanes of at least 4 members (excludes halogenated alkanes) is 2. The molecule has 3 aliphatic rings. The van der Waals surface area contributed by atoms with Crippen LogP contribution >= 0.6 is 0 Å². The standard InChI is InChI=1S/C21H22O6Si.C19H17NO3.C18H16O3/c1-25-28(26-2,27-3)12-6-9-19(22)14-10-11-17-18(13-14)21(24)16-8-5-4-7-15(16)20(17)23;1-2-3-10-20-19(23)12-8-9-15-16(11-12)18(22)14-7-5-4-6-13(14)17(15)21;1-2-3-10-21-12-8-9-15-16(11-12)18(20)14-7-5-4-6-13(14)17(15)19/h4-5,7-8,10-11,13H,6,9,12H2,1-3H3;4-9,11H,2-3,10H2,1H3,(H,20,23);4-9,11H,2-3,10H2,1H3. The SMILES string of the molecule is CCCCNC(=O)c1ccc2c(c1)C(=O)c1ccccc1C2=O.CCCCOc1ccc2c(c1)C(=O)c1ccccc1C2=O.CO[Si](CCCC(=O)c1ccc2c(c1)C(=O)c1ccccc1C2=O)(OC)OC. The maximum atomic E-state index is 12.8. The van der Waals surface area contributed by atoms with Gasteiger partial charge in [-0.3, -0.25) is 38.4 Å². The molecule has 0 aromatic heterocycles. The van der Waals surface area contributed by atoms with E-state index in [4.69, 9.17) is 18.0 Å². The Bertz CT molecular complexity index is 3110. The van der Waals surface area contributed by atoms with Gasteiger partial charge in [0.25, 0.3) is 5.91 Å². The third-order valence-electron chi connectivity index (χ3n) is 12.7. The highest BCUT2D eigenvalue weighted by Crippen LogP contribution is 2.32. The summed E-state index contributed by atoms with van der Waals surface area (Å²) in [7, 11) is 1.88. The number of rotatable bonds is 16. The number of hydrogen-bond donors (Lipinski definition) is 1. The number of nitrogens with one attached hydrogen (secondary N) is 1. The second kappa shape index (κ2) is 23.5. The van der Waals surface area contributed by atoms with Crippen molar-refractivity contribution in [1.29, 1.82) is 0 Å². The molecule has 0 spiro atoms.